The molecule has 0 aromatic heterocycles. The highest BCUT2D eigenvalue weighted by atomic mass is 15.3. The zero-order valence-corrected chi connectivity index (χ0v) is 12.4. The van der Waals surface area contributed by atoms with Gasteiger partial charge in [0.15, 0.2) is 5.96 Å². The predicted molar refractivity (Wildman–Crippen MR) is 84.0 cm³/mol. The van der Waals surface area contributed by atoms with Crippen molar-refractivity contribution in [2.45, 2.75) is 32.1 Å². The van der Waals surface area contributed by atoms with Crippen molar-refractivity contribution in [3.05, 3.63) is 35.9 Å². The van der Waals surface area contributed by atoms with E-state index in [1.54, 1.807) is 0 Å². The first-order chi connectivity index (χ1) is 9.81. The summed E-state index contributed by atoms with van der Waals surface area (Å²) in [5.74, 6) is 1.09. The second-order valence-electron chi connectivity index (χ2n) is 6.23. The van der Waals surface area contributed by atoms with Crippen molar-refractivity contribution >= 4 is 5.96 Å². The molecule has 0 amide bonds. The molecule has 1 saturated heterocycles. The first-order valence-electron chi connectivity index (χ1n) is 7.81. The van der Waals surface area contributed by atoms with Gasteiger partial charge in [0.05, 0.1) is 0 Å². The molecule has 3 rings (SSSR count). The van der Waals surface area contributed by atoms with Crippen molar-refractivity contribution < 1.29 is 0 Å². The molecule has 1 aliphatic carbocycles. The Morgan fingerprint density at radius 3 is 2.65 bits per heavy atom. The quantitative estimate of drug-likeness (QED) is 0.676. The normalized spacial score (nSPS) is 21.1. The van der Waals surface area contributed by atoms with E-state index in [0.717, 1.165) is 18.9 Å². The molecular formula is C17H25N3. The summed E-state index contributed by atoms with van der Waals surface area (Å²) in [5.41, 5.74) is 2.02. The largest absolute Gasteiger partial charge is 0.356 e. The number of nitrogens with zero attached hydrogens (tertiary/aromatic N) is 2. The highest BCUT2D eigenvalue weighted by Gasteiger charge is 2.43. The van der Waals surface area contributed by atoms with Crippen LogP contribution in [0.25, 0.3) is 0 Å². The Morgan fingerprint density at radius 2 is 2.05 bits per heavy atom. The summed E-state index contributed by atoms with van der Waals surface area (Å²) in [7, 11) is 1.90. The summed E-state index contributed by atoms with van der Waals surface area (Å²) in [6.07, 6.45) is 6.67. The van der Waals surface area contributed by atoms with E-state index < -0.39 is 0 Å². The second kappa shape index (κ2) is 5.86. The highest BCUT2D eigenvalue weighted by Crippen LogP contribution is 2.47. The van der Waals surface area contributed by atoms with E-state index in [1.807, 2.05) is 7.05 Å². The van der Waals surface area contributed by atoms with Crippen LogP contribution in [0.1, 0.15) is 31.2 Å². The van der Waals surface area contributed by atoms with Gasteiger partial charge in [-0.2, -0.15) is 0 Å². The zero-order valence-electron chi connectivity index (χ0n) is 12.4. The molecule has 2 fully saturated rings. The van der Waals surface area contributed by atoms with Crippen LogP contribution in [-0.4, -0.2) is 37.5 Å². The van der Waals surface area contributed by atoms with Gasteiger partial charge in [0, 0.05) is 26.7 Å². The van der Waals surface area contributed by atoms with Crippen molar-refractivity contribution in [2.24, 2.45) is 10.4 Å². The molecule has 3 heteroatoms. The fourth-order valence-electron chi connectivity index (χ4n) is 3.50. The molecule has 1 aromatic carbocycles. The highest BCUT2D eigenvalue weighted by molar-refractivity contribution is 5.80. The topological polar surface area (TPSA) is 27.6 Å². The number of rotatable bonds is 3. The van der Waals surface area contributed by atoms with Gasteiger partial charge in [0.25, 0.3) is 0 Å². The van der Waals surface area contributed by atoms with Crippen molar-refractivity contribution in [3.63, 3.8) is 0 Å². The molecular weight excluding hydrogens is 246 g/mol. The number of hydrogen-bond donors (Lipinski definition) is 1. The maximum Gasteiger partial charge on any atom is 0.193 e. The van der Waals surface area contributed by atoms with Crippen LogP contribution in [0, 0.1) is 5.41 Å². The Kier molecular flexibility index (Phi) is 3.95. The molecule has 108 valence electrons. The van der Waals surface area contributed by atoms with Crippen LogP contribution in [0.5, 0.6) is 0 Å². The molecule has 0 unspecified atom stereocenters. The monoisotopic (exact) mass is 271 g/mol. The lowest BCUT2D eigenvalue weighted by Gasteiger charge is -2.38. The van der Waals surface area contributed by atoms with E-state index in [-0.39, 0.29) is 0 Å². The third-order valence-electron chi connectivity index (χ3n) is 4.90. The van der Waals surface area contributed by atoms with E-state index in [4.69, 9.17) is 0 Å². The van der Waals surface area contributed by atoms with Crippen molar-refractivity contribution in [2.75, 3.05) is 26.7 Å². The van der Waals surface area contributed by atoms with Crippen LogP contribution in [0.15, 0.2) is 35.3 Å². The summed E-state index contributed by atoms with van der Waals surface area (Å²) in [5, 5.41) is 3.52. The van der Waals surface area contributed by atoms with Gasteiger partial charge >= 0.3 is 0 Å². The number of hydrogen-bond acceptors (Lipinski definition) is 1. The van der Waals surface area contributed by atoms with Crippen LogP contribution in [0.2, 0.25) is 0 Å². The number of likely N-dealkylation sites (tertiary alicyclic amines) is 1. The first kappa shape index (κ1) is 13.5. The van der Waals surface area contributed by atoms with Crippen molar-refractivity contribution in [1.82, 2.24) is 10.2 Å². The van der Waals surface area contributed by atoms with Gasteiger partial charge in [-0.25, -0.2) is 0 Å². The molecule has 2 aliphatic rings. The van der Waals surface area contributed by atoms with Gasteiger partial charge in [-0.05, 0) is 36.7 Å². The molecule has 1 saturated carbocycles. The third kappa shape index (κ3) is 2.82. The number of guanidine groups is 1. The minimum Gasteiger partial charge on any atom is -0.356 e. The maximum absolute atomic E-state index is 4.46. The average molecular weight is 271 g/mol. The summed E-state index contributed by atoms with van der Waals surface area (Å²) in [6, 6.07) is 10.6. The van der Waals surface area contributed by atoms with Crippen LogP contribution in [0.4, 0.5) is 0 Å². The van der Waals surface area contributed by atoms with Crippen molar-refractivity contribution in [1.29, 1.82) is 0 Å². The molecule has 0 atom stereocenters. The number of benzene rings is 1. The smallest absolute Gasteiger partial charge is 0.193 e. The molecule has 1 heterocycles. The van der Waals surface area contributed by atoms with E-state index in [2.05, 4.69) is 45.5 Å². The SMILES string of the molecule is CN=C(NCCc1ccccc1)N1CCC2(CCC2)C1. The van der Waals surface area contributed by atoms with Gasteiger partial charge in [-0.3, -0.25) is 4.99 Å². The first-order valence-corrected chi connectivity index (χ1v) is 7.81. The zero-order chi connectivity index (χ0) is 13.8. The van der Waals surface area contributed by atoms with Crippen LogP contribution in [0.3, 0.4) is 0 Å². The Balaban J connectivity index is 1.48. The average Bonchev–Trinajstić information content (AvgIpc) is 2.90. The van der Waals surface area contributed by atoms with E-state index in [0.29, 0.717) is 5.41 Å². The summed E-state index contributed by atoms with van der Waals surface area (Å²) in [4.78, 5) is 6.91. The van der Waals surface area contributed by atoms with E-state index >= 15 is 0 Å². The van der Waals surface area contributed by atoms with Gasteiger partial charge in [0.2, 0.25) is 0 Å². The van der Waals surface area contributed by atoms with Crippen LogP contribution < -0.4 is 5.32 Å². The van der Waals surface area contributed by atoms with E-state index in [9.17, 15) is 0 Å². The Hall–Kier alpha value is -1.51. The lowest BCUT2D eigenvalue weighted by Crippen LogP contribution is -2.43. The molecule has 1 spiro atoms. The molecule has 1 aromatic rings. The van der Waals surface area contributed by atoms with Crippen molar-refractivity contribution in [3.8, 4) is 0 Å². The third-order valence-corrected chi connectivity index (χ3v) is 4.90. The minimum atomic E-state index is 0.636. The summed E-state index contributed by atoms with van der Waals surface area (Å²) in [6.45, 7) is 3.34. The Morgan fingerprint density at radius 1 is 1.25 bits per heavy atom. The summed E-state index contributed by atoms with van der Waals surface area (Å²) >= 11 is 0. The lowest BCUT2D eigenvalue weighted by atomic mass is 9.68. The van der Waals surface area contributed by atoms with Gasteiger partial charge in [0.1, 0.15) is 0 Å². The minimum absolute atomic E-state index is 0.636. The van der Waals surface area contributed by atoms with Crippen LogP contribution in [-0.2, 0) is 6.42 Å². The standard InChI is InChI=1S/C17H25N3/c1-18-16(19-12-8-15-6-3-2-4-7-15)20-13-11-17(14-20)9-5-10-17/h2-4,6-7H,5,8-14H2,1H3,(H,18,19). The second-order valence-corrected chi connectivity index (χ2v) is 6.23. The molecule has 20 heavy (non-hydrogen) atoms. The Labute approximate surface area is 122 Å². The fourth-order valence-corrected chi connectivity index (χ4v) is 3.50. The predicted octanol–water partition coefficient (Wildman–Crippen LogP) is 2.68. The molecule has 0 bridgehead atoms. The fraction of sp³-hybridized carbons (Fsp3) is 0.588. The van der Waals surface area contributed by atoms with Crippen LogP contribution >= 0.6 is 0 Å². The number of nitrogens with one attached hydrogen (secondary N) is 1. The lowest BCUT2D eigenvalue weighted by molar-refractivity contribution is 0.151. The van der Waals surface area contributed by atoms with E-state index in [1.165, 1.54) is 44.3 Å². The number of aliphatic imine (C=N–C) groups is 1. The van der Waals surface area contributed by atoms with Gasteiger partial charge in [-0.1, -0.05) is 36.8 Å². The molecule has 0 radical (unpaired) electrons. The maximum atomic E-state index is 4.46. The summed E-state index contributed by atoms with van der Waals surface area (Å²) < 4.78 is 0. The molecule has 1 aliphatic heterocycles. The van der Waals surface area contributed by atoms with Gasteiger partial charge in [-0.15, -0.1) is 0 Å². The Bertz CT molecular complexity index is 462. The van der Waals surface area contributed by atoms with Gasteiger partial charge < -0.3 is 10.2 Å². The molecule has 3 nitrogen and oxygen atoms in total. The molecule has 1 N–H and O–H groups in total.